The largest absolute Gasteiger partial charge is 0.507 e. The fourth-order valence-corrected chi connectivity index (χ4v) is 5.30. The lowest BCUT2D eigenvalue weighted by Crippen LogP contribution is -2.29. The number of nitrogens with one attached hydrogen (secondary N) is 1. The molecular weight excluding hydrogens is 482 g/mol. The van der Waals surface area contributed by atoms with Crippen molar-refractivity contribution in [2.45, 2.75) is 33.4 Å². The van der Waals surface area contributed by atoms with Gasteiger partial charge in [0.05, 0.1) is 27.4 Å². The molecule has 1 unspecified atom stereocenters. The number of phenols is 1. The summed E-state index contributed by atoms with van der Waals surface area (Å²) in [7, 11) is 4.68. The molecule has 8 nitrogen and oxygen atoms in total. The number of hydrogen-bond donors (Lipinski definition) is 2. The molecule has 0 saturated heterocycles. The predicted molar refractivity (Wildman–Crippen MR) is 144 cm³/mol. The number of carbonyl (C=O) groups is 1. The molecule has 0 radical (unpaired) electrons. The number of phenolic OH excluding ortho intramolecular Hbond substituents is 1. The van der Waals surface area contributed by atoms with Crippen LogP contribution in [0, 0.1) is 20.8 Å². The number of aromatic nitrogens is 2. The van der Waals surface area contributed by atoms with Crippen LogP contribution in [0.4, 0.5) is 0 Å². The fraction of sp³-hybridized carbons (Fsp3) is 0.267. The van der Waals surface area contributed by atoms with Gasteiger partial charge in [0, 0.05) is 17.7 Å². The predicted octanol–water partition coefficient (Wildman–Crippen LogP) is 5.48. The van der Waals surface area contributed by atoms with Gasteiger partial charge in [0.25, 0.3) is 5.91 Å². The Balaban J connectivity index is 1.74. The van der Waals surface area contributed by atoms with Gasteiger partial charge in [0.15, 0.2) is 11.5 Å². The summed E-state index contributed by atoms with van der Waals surface area (Å²) in [6, 6.07) is 15.0. The SMILES string of the molecule is COc1cc(C2c3c(-c4c(C)cc(C)cc4O)n[nH]c3C(=O)N2Cc2ccc(C)cc2)cc(OC)c1OC. The molecule has 2 N–H and O–H groups in total. The molecule has 1 aromatic heterocycles. The zero-order valence-electron chi connectivity index (χ0n) is 22.4. The van der Waals surface area contributed by atoms with E-state index in [-0.39, 0.29) is 11.7 Å². The Kier molecular flexibility index (Phi) is 6.48. The zero-order valence-corrected chi connectivity index (χ0v) is 22.4. The van der Waals surface area contributed by atoms with Gasteiger partial charge in [-0.25, -0.2) is 0 Å². The Labute approximate surface area is 221 Å². The highest BCUT2D eigenvalue weighted by Crippen LogP contribution is 2.49. The Morgan fingerprint density at radius 3 is 2.16 bits per heavy atom. The van der Waals surface area contributed by atoms with Crippen LogP contribution in [0.1, 0.15) is 49.9 Å². The first-order valence-electron chi connectivity index (χ1n) is 12.3. The maximum atomic E-state index is 13.9. The van der Waals surface area contributed by atoms with Crippen molar-refractivity contribution >= 4 is 5.91 Å². The number of methoxy groups -OCH3 is 3. The van der Waals surface area contributed by atoms with Crippen LogP contribution < -0.4 is 14.2 Å². The van der Waals surface area contributed by atoms with E-state index in [0.717, 1.165) is 27.8 Å². The molecule has 0 saturated carbocycles. The molecule has 4 aromatic rings. The number of nitrogens with zero attached hydrogens (tertiary/aromatic N) is 2. The molecule has 5 rings (SSSR count). The van der Waals surface area contributed by atoms with E-state index in [1.54, 1.807) is 32.3 Å². The minimum absolute atomic E-state index is 0.116. The Morgan fingerprint density at radius 2 is 1.58 bits per heavy atom. The average Bonchev–Trinajstić information content (AvgIpc) is 3.42. The molecule has 1 atom stereocenters. The summed E-state index contributed by atoms with van der Waals surface area (Å²) in [5, 5.41) is 18.5. The molecule has 196 valence electrons. The van der Waals surface area contributed by atoms with Crippen LogP contribution in [0.2, 0.25) is 0 Å². The minimum Gasteiger partial charge on any atom is -0.507 e. The Hall–Kier alpha value is -4.46. The maximum absolute atomic E-state index is 13.9. The number of aryl methyl sites for hydroxylation is 3. The van der Waals surface area contributed by atoms with Gasteiger partial charge in [-0.2, -0.15) is 5.10 Å². The van der Waals surface area contributed by atoms with E-state index in [0.29, 0.717) is 46.3 Å². The van der Waals surface area contributed by atoms with Gasteiger partial charge in [-0.3, -0.25) is 9.89 Å². The van der Waals surface area contributed by atoms with Crippen molar-refractivity contribution in [1.82, 2.24) is 15.1 Å². The van der Waals surface area contributed by atoms with Gasteiger partial charge in [-0.05, 0) is 61.2 Å². The first kappa shape index (κ1) is 25.2. The second-order valence-corrected chi connectivity index (χ2v) is 9.62. The summed E-state index contributed by atoms with van der Waals surface area (Å²) in [5.41, 5.74) is 6.93. The van der Waals surface area contributed by atoms with Crippen molar-refractivity contribution < 1.29 is 24.1 Å². The van der Waals surface area contributed by atoms with Gasteiger partial charge < -0.3 is 24.2 Å². The summed E-state index contributed by atoms with van der Waals surface area (Å²) in [6.07, 6.45) is 0. The Bertz CT molecular complexity index is 1480. The lowest BCUT2D eigenvalue weighted by Gasteiger charge is -2.28. The van der Waals surface area contributed by atoms with E-state index in [9.17, 15) is 9.90 Å². The second-order valence-electron chi connectivity index (χ2n) is 9.62. The number of ether oxygens (including phenoxy) is 3. The van der Waals surface area contributed by atoms with Crippen molar-refractivity contribution in [1.29, 1.82) is 0 Å². The van der Waals surface area contributed by atoms with Crippen LogP contribution in [0.3, 0.4) is 0 Å². The van der Waals surface area contributed by atoms with Gasteiger partial charge in [0.2, 0.25) is 5.75 Å². The second kappa shape index (κ2) is 9.78. The number of carbonyl (C=O) groups excluding carboxylic acids is 1. The van der Waals surface area contributed by atoms with E-state index in [2.05, 4.69) is 10.2 Å². The average molecular weight is 514 g/mol. The number of aromatic amines is 1. The molecule has 38 heavy (non-hydrogen) atoms. The minimum atomic E-state index is -0.527. The van der Waals surface area contributed by atoms with Crippen LogP contribution in [0.15, 0.2) is 48.5 Å². The van der Waals surface area contributed by atoms with Gasteiger partial charge >= 0.3 is 0 Å². The molecule has 2 heterocycles. The van der Waals surface area contributed by atoms with Crippen LogP contribution in [0.25, 0.3) is 11.3 Å². The summed E-state index contributed by atoms with van der Waals surface area (Å²) in [5.74, 6) is 1.37. The quantitative estimate of drug-likeness (QED) is 0.340. The van der Waals surface area contributed by atoms with Crippen LogP contribution in [-0.2, 0) is 6.54 Å². The van der Waals surface area contributed by atoms with E-state index in [1.807, 2.05) is 63.2 Å². The number of aromatic hydroxyl groups is 1. The summed E-state index contributed by atoms with van der Waals surface area (Å²) >= 11 is 0. The van der Waals surface area contributed by atoms with Crippen molar-refractivity contribution in [2.24, 2.45) is 0 Å². The molecule has 0 spiro atoms. The van der Waals surface area contributed by atoms with Crippen LogP contribution in [-0.4, -0.2) is 47.4 Å². The van der Waals surface area contributed by atoms with Gasteiger partial charge in [-0.1, -0.05) is 35.9 Å². The maximum Gasteiger partial charge on any atom is 0.273 e. The molecule has 0 aliphatic carbocycles. The number of hydrogen-bond acceptors (Lipinski definition) is 6. The first-order valence-corrected chi connectivity index (χ1v) is 12.3. The zero-order chi connectivity index (χ0) is 27.1. The number of H-pyrrole nitrogens is 1. The molecule has 1 amide bonds. The third-order valence-electron chi connectivity index (χ3n) is 7.04. The van der Waals surface area contributed by atoms with E-state index in [4.69, 9.17) is 14.2 Å². The van der Waals surface area contributed by atoms with Crippen LogP contribution in [0.5, 0.6) is 23.0 Å². The molecule has 1 aliphatic rings. The van der Waals surface area contributed by atoms with E-state index < -0.39 is 6.04 Å². The highest BCUT2D eigenvalue weighted by atomic mass is 16.5. The monoisotopic (exact) mass is 513 g/mol. The number of rotatable bonds is 7. The lowest BCUT2D eigenvalue weighted by atomic mass is 9.92. The molecule has 3 aromatic carbocycles. The number of amides is 1. The van der Waals surface area contributed by atoms with Crippen LogP contribution >= 0.6 is 0 Å². The number of fused-ring (bicyclic) bond motifs is 1. The first-order chi connectivity index (χ1) is 18.3. The molecule has 8 heteroatoms. The highest BCUT2D eigenvalue weighted by molar-refractivity contribution is 6.00. The summed E-state index contributed by atoms with van der Waals surface area (Å²) < 4.78 is 16.8. The topological polar surface area (TPSA) is 96.9 Å². The molecule has 0 fully saturated rings. The lowest BCUT2D eigenvalue weighted by molar-refractivity contribution is 0.0729. The van der Waals surface area contributed by atoms with E-state index >= 15 is 0 Å². The fourth-order valence-electron chi connectivity index (χ4n) is 5.30. The third kappa shape index (κ3) is 4.12. The Morgan fingerprint density at radius 1 is 0.921 bits per heavy atom. The molecule has 0 bridgehead atoms. The molecule has 1 aliphatic heterocycles. The normalized spacial score (nSPS) is 14.5. The summed E-state index contributed by atoms with van der Waals surface area (Å²) in [6.45, 7) is 6.26. The molecular formula is C30H31N3O5. The standard InChI is InChI=1S/C30H31N3O5/c1-16-7-9-19(10-8-16)15-33-28(20-13-22(36-4)29(38-6)23(14-20)37-5)25-26(31-32-27(25)30(33)35)24-18(3)11-17(2)12-21(24)34/h7-14,28,34H,15H2,1-6H3,(H,31,32). The third-order valence-corrected chi connectivity index (χ3v) is 7.04. The highest BCUT2D eigenvalue weighted by Gasteiger charge is 2.43. The van der Waals surface area contributed by atoms with Gasteiger partial charge in [-0.15, -0.1) is 0 Å². The van der Waals surface area contributed by atoms with Crippen molar-refractivity contribution in [2.75, 3.05) is 21.3 Å². The van der Waals surface area contributed by atoms with Gasteiger partial charge in [0.1, 0.15) is 17.1 Å². The smallest absolute Gasteiger partial charge is 0.273 e. The summed E-state index contributed by atoms with van der Waals surface area (Å²) in [4.78, 5) is 15.7. The van der Waals surface area contributed by atoms with Crippen molar-refractivity contribution in [3.63, 3.8) is 0 Å². The van der Waals surface area contributed by atoms with Crippen molar-refractivity contribution in [3.05, 3.63) is 87.6 Å². The van der Waals surface area contributed by atoms with E-state index in [1.165, 1.54) is 0 Å². The number of benzene rings is 3. The van der Waals surface area contributed by atoms with Crippen molar-refractivity contribution in [3.8, 4) is 34.3 Å².